The van der Waals surface area contributed by atoms with Gasteiger partial charge in [0.1, 0.15) is 6.61 Å². The molecule has 0 atom stereocenters. The molecule has 0 aliphatic heterocycles. The van der Waals surface area contributed by atoms with Crippen LogP contribution in [0.15, 0.2) is 60.7 Å². The first-order valence-electron chi connectivity index (χ1n) is 9.36. The molecular formula is C23H21Cl2NO4. The minimum absolute atomic E-state index is 0.146. The van der Waals surface area contributed by atoms with Gasteiger partial charge in [-0.3, -0.25) is 0 Å². The second kappa shape index (κ2) is 10.2. The van der Waals surface area contributed by atoms with E-state index >= 15 is 0 Å². The molecule has 0 aliphatic rings. The summed E-state index contributed by atoms with van der Waals surface area (Å²) >= 11 is 12.6. The molecule has 0 amide bonds. The van der Waals surface area contributed by atoms with Crippen molar-refractivity contribution in [2.75, 3.05) is 11.9 Å². The minimum atomic E-state index is -1.02. The molecule has 0 unspecified atom stereocenters. The zero-order valence-electron chi connectivity index (χ0n) is 16.3. The van der Waals surface area contributed by atoms with Gasteiger partial charge < -0.3 is 19.9 Å². The second-order valence-electron chi connectivity index (χ2n) is 6.45. The van der Waals surface area contributed by atoms with Crippen molar-refractivity contribution in [3.8, 4) is 11.5 Å². The van der Waals surface area contributed by atoms with Crippen LogP contribution in [0.4, 0.5) is 5.69 Å². The highest BCUT2D eigenvalue weighted by molar-refractivity contribution is 6.33. The van der Waals surface area contributed by atoms with Crippen molar-refractivity contribution in [2.45, 2.75) is 20.1 Å². The molecule has 0 heterocycles. The van der Waals surface area contributed by atoms with Gasteiger partial charge in [-0.15, -0.1) is 0 Å². The predicted octanol–water partition coefficient (Wildman–Crippen LogP) is 6.28. The van der Waals surface area contributed by atoms with E-state index in [0.29, 0.717) is 47.0 Å². The van der Waals surface area contributed by atoms with Crippen LogP contribution in [0.2, 0.25) is 10.0 Å². The fraction of sp³-hybridized carbons (Fsp3) is 0.174. The molecule has 3 aromatic carbocycles. The molecule has 0 spiro atoms. The zero-order chi connectivity index (χ0) is 21.5. The largest absolute Gasteiger partial charge is 0.490 e. The molecule has 2 N–H and O–H groups in total. The van der Waals surface area contributed by atoms with Gasteiger partial charge in [0, 0.05) is 17.6 Å². The summed E-state index contributed by atoms with van der Waals surface area (Å²) in [5, 5.41) is 13.2. The summed E-state index contributed by atoms with van der Waals surface area (Å²) in [6.07, 6.45) is 0. The van der Waals surface area contributed by atoms with Gasteiger partial charge in [-0.25, -0.2) is 4.79 Å². The SMILES string of the molecule is CCOc1cc(CNc2cc(C(=O)O)ccc2Cl)c(Cl)cc1OCc1ccccc1. The molecule has 7 heteroatoms. The number of aromatic carboxylic acids is 1. The van der Waals surface area contributed by atoms with Gasteiger partial charge in [0.2, 0.25) is 0 Å². The number of benzene rings is 3. The minimum Gasteiger partial charge on any atom is -0.490 e. The molecule has 0 saturated carbocycles. The van der Waals surface area contributed by atoms with Crippen molar-refractivity contribution < 1.29 is 19.4 Å². The summed E-state index contributed by atoms with van der Waals surface area (Å²) in [7, 11) is 0. The Kier molecular flexibility index (Phi) is 7.44. The number of carboxylic acids is 1. The Morgan fingerprint density at radius 3 is 2.40 bits per heavy atom. The van der Waals surface area contributed by atoms with Gasteiger partial charge in [-0.05, 0) is 42.3 Å². The van der Waals surface area contributed by atoms with Crippen molar-refractivity contribution in [3.05, 3.63) is 87.4 Å². The van der Waals surface area contributed by atoms with Gasteiger partial charge in [0.05, 0.1) is 22.9 Å². The van der Waals surface area contributed by atoms with Crippen LogP contribution in [0.5, 0.6) is 11.5 Å². The second-order valence-corrected chi connectivity index (χ2v) is 7.27. The lowest BCUT2D eigenvalue weighted by Crippen LogP contribution is -2.05. The number of anilines is 1. The third-order valence-electron chi connectivity index (χ3n) is 4.33. The Morgan fingerprint density at radius 1 is 0.967 bits per heavy atom. The number of carbonyl (C=O) groups is 1. The van der Waals surface area contributed by atoms with E-state index in [4.69, 9.17) is 37.8 Å². The van der Waals surface area contributed by atoms with Gasteiger partial charge in [-0.1, -0.05) is 53.5 Å². The van der Waals surface area contributed by atoms with Crippen LogP contribution in [-0.2, 0) is 13.2 Å². The standard InChI is InChI=1S/C23H21Cl2NO4/c1-2-29-21-11-17(13-26-20-10-16(23(27)28)8-9-18(20)24)19(25)12-22(21)30-14-15-6-4-3-5-7-15/h3-12,26H,2,13-14H2,1H3,(H,27,28). The maximum Gasteiger partial charge on any atom is 0.335 e. The molecule has 0 radical (unpaired) electrons. The van der Waals surface area contributed by atoms with Crippen LogP contribution in [0, 0.1) is 0 Å². The number of carboxylic acid groups (broad SMARTS) is 1. The van der Waals surface area contributed by atoms with E-state index in [1.807, 2.05) is 43.3 Å². The van der Waals surface area contributed by atoms with Gasteiger partial charge in [0.25, 0.3) is 0 Å². The van der Waals surface area contributed by atoms with Crippen molar-refractivity contribution in [3.63, 3.8) is 0 Å². The monoisotopic (exact) mass is 445 g/mol. The van der Waals surface area contributed by atoms with E-state index in [2.05, 4.69) is 5.32 Å². The molecule has 0 aliphatic carbocycles. The average Bonchev–Trinajstić information content (AvgIpc) is 2.74. The van der Waals surface area contributed by atoms with Gasteiger partial charge in [0.15, 0.2) is 11.5 Å². The number of rotatable bonds is 9. The number of hydrogen-bond acceptors (Lipinski definition) is 4. The quantitative estimate of drug-likeness (QED) is 0.405. The molecule has 5 nitrogen and oxygen atoms in total. The first-order valence-corrected chi connectivity index (χ1v) is 10.1. The van der Waals surface area contributed by atoms with E-state index < -0.39 is 5.97 Å². The Labute approximate surface area is 185 Å². The predicted molar refractivity (Wildman–Crippen MR) is 119 cm³/mol. The molecule has 156 valence electrons. The van der Waals surface area contributed by atoms with E-state index in [-0.39, 0.29) is 5.56 Å². The lowest BCUT2D eigenvalue weighted by Gasteiger charge is -2.16. The maximum atomic E-state index is 11.2. The molecule has 3 rings (SSSR count). The fourth-order valence-corrected chi connectivity index (χ4v) is 3.22. The molecule has 0 saturated heterocycles. The van der Waals surface area contributed by atoms with E-state index in [1.54, 1.807) is 12.1 Å². The smallest absolute Gasteiger partial charge is 0.335 e. The molecule has 0 bridgehead atoms. The lowest BCUT2D eigenvalue weighted by atomic mass is 10.1. The summed E-state index contributed by atoms with van der Waals surface area (Å²) < 4.78 is 11.7. The van der Waals surface area contributed by atoms with Crippen molar-refractivity contribution in [1.29, 1.82) is 0 Å². The summed E-state index contributed by atoms with van der Waals surface area (Å²) in [4.78, 5) is 11.2. The van der Waals surface area contributed by atoms with Crippen LogP contribution >= 0.6 is 23.2 Å². The Balaban J connectivity index is 1.78. The maximum absolute atomic E-state index is 11.2. The zero-order valence-corrected chi connectivity index (χ0v) is 17.8. The Morgan fingerprint density at radius 2 is 1.70 bits per heavy atom. The lowest BCUT2D eigenvalue weighted by molar-refractivity contribution is 0.0697. The molecule has 30 heavy (non-hydrogen) atoms. The number of nitrogens with one attached hydrogen (secondary N) is 1. The Bertz CT molecular complexity index is 1030. The topological polar surface area (TPSA) is 67.8 Å². The fourth-order valence-electron chi connectivity index (χ4n) is 2.81. The van der Waals surface area contributed by atoms with Crippen molar-refractivity contribution in [2.24, 2.45) is 0 Å². The van der Waals surface area contributed by atoms with Crippen LogP contribution in [0.25, 0.3) is 0 Å². The first kappa shape index (κ1) is 21.8. The third-order valence-corrected chi connectivity index (χ3v) is 5.01. The van der Waals surface area contributed by atoms with E-state index in [1.165, 1.54) is 12.1 Å². The van der Waals surface area contributed by atoms with Crippen LogP contribution < -0.4 is 14.8 Å². The molecule has 0 fully saturated rings. The van der Waals surface area contributed by atoms with Crippen molar-refractivity contribution >= 4 is 34.9 Å². The molecule has 0 aromatic heterocycles. The van der Waals surface area contributed by atoms with Crippen molar-refractivity contribution in [1.82, 2.24) is 0 Å². The van der Waals surface area contributed by atoms with Crippen LogP contribution in [-0.4, -0.2) is 17.7 Å². The highest BCUT2D eigenvalue weighted by Gasteiger charge is 2.13. The summed E-state index contributed by atoms with van der Waals surface area (Å²) in [6, 6.07) is 17.8. The van der Waals surface area contributed by atoms with Gasteiger partial charge >= 0.3 is 5.97 Å². The average molecular weight is 446 g/mol. The third kappa shape index (κ3) is 5.59. The normalized spacial score (nSPS) is 10.5. The summed E-state index contributed by atoms with van der Waals surface area (Å²) in [5.41, 5.74) is 2.46. The molecule has 3 aromatic rings. The highest BCUT2D eigenvalue weighted by Crippen LogP contribution is 2.35. The van der Waals surface area contributed by atoms with Crippen LogP contribution in [0.1, 0.15) is 28.4 Å². The Hall–Kier alpha value is -2.89. The number of ether oxygens (including phenoxy) is 2. The number of hydrogen-bond donors (Lipinski definition) is 2. The summed E-state index contributed by atoms with van der Waals surface area (Å²) in [6.45, 7) is 3.10. The number of halogens is 2. The van der Waals surface area contributed by atoms with E-state index in [9.17, 15) is 4.79 Å². The highest BCUT2D eigenvalue weighted by atomic mass is 35.5. The van der Waals surface area contributed by atoms with E-state index in [0.717, 1.165) is 11.1 Å². The first-order chi connectivity index (χ1) is 14.5. The molecular weight excluding hydrogens is 425 g/mol. The summed E-state index contributed by atoms with van der Waals surface area (Å²) in [5.74, 6) is 0.117. The van der Waals surface area contributed by atoms with Crippen LogP contribution in [0.3, 0.4) is 0 Å². The van der Waals surface area contributed by atoms with Gasteiger partial charge in [-0.2, -0.15) is 0 Å².